The fourth-order valence-electron chi connectivity index (χ4n) is 1.87. The zero-order chi connectivity index (χ0) is 14.5. The number of nitrogens with zero attached hydrogens (tertiary/aromatic N) is 2. The molecular weight excluding hydrogens is 261 g/mol. The van der Waals surface area contributed by atoms with Crippen LogP contribution in [0, 0.1) is 5.82 Å². The minimum Gasteiger partial charge on any atom is -0.478 e. The van der Waals surface area contributed by atoms with Crippen molar-refractivity contribution in [2.45, 2.75) is 19.4 Å². The molecule has 1 aromatic heterocycles. The Morgan fingerprint density at radius 2 is 2.05 bits per heavy atom. The lowest BCUT2D eigenvalue weighted by molar-refractivity contribution is 0.0697. The lowest BCUT2D eigenvalue weighted by Gasteiger charge is -2.15. The Labute approximate surface area is 115 Å². The number of nitrogens with one attached hydrogen (secondary N) is 1. The zero-order valence-electron chi connectivity index (χ0n) is 10.9. The largest absolute Gasteiger partial charge is 0.478 e. The summed E-state index contributed by atoms with van der Waals surface area (Å²) in [6.07, 6.45) is 1.95. The molecule has 0 aliphatic heterocycles. The van der Waals surface area contributed by atoms with E-state index in [1.807, 2.05) is 6.92 Å². The second-order valence-corrected chi connectivity index (χ2v) is 4.47. The van der Waals surface area contributed by atoms with Gasteiger partial charge in [-0.3, -0.25) is 0 Å². The van der Waals surface area contributed by atoms with Gasteiger partial charge in [-0.2, -0.15) is 5.10 Å². The SMILES string of the molecule is CC(Cc1ccc(F)cc1)Nc1nnccc1C(=O)O. The van der Waals surface area contributed by atoms with Crippen LogP contribution >= 0.6 is 0 Å². The number of rotatable bonds is 5. The second-order valence-electron chi connectivity index (χ2n) is 4.47. The Balaban J connectivity index is 2.06. The summed E-state index contributed by atoms with van der Waals surface area (Å²) < 4.78 is 12.8. The van der Waals surface area contributed by atoms with Crippen LogP contribution in [0.1, 0.15) is 22.8 Å². The van der Waals surface area contributed by atoms with Crippen LogP contribution in [0.4, 0.5) is 10.2 Å². The van der Waals surface area contributed by atoms with Crippen molar-refractivity contribution in [2.24, 2.45) is 0 Å². The molecule has 0 aliphatic rings. The van der Waals surface area contributed by atoms with E-state index in [2.05, 4.69) is 15.5 Å². The molecule has 1 heterocycles. The van der Waals surface area contributed by atoms with Crippen molar-refractivity contribution in [3.05, 3.63) is 53.5 Å². The summed E-state index contributed by atoms with van der Waals surface area (Å²) in [6.45, 7) is 1.89. The molecule has 1 unspecified atom stereocenters. The minimum absolute atomic E-state index is 0.0599. The summed E-state index contributed by atoms with van der Waals surface area (Å²) in [5.74, 6) is -1.11. The zero-order valence-corrected chi connectivity index (χ0v) is 10.9. The molecule has 104 valence electrons. The number of aromatic nitrogens is 2. The molecule has 0 bridgehead atoms. The van der Waals surface area contributed by atoms with Gasteiger partial charge < -0.3 is 10.4 Å². The second kappa shape index (κ2) is 6.10. The number of carboxylic acid groups (broad SMARTS) is 1. The summed E-state index contributed by atoms with van der Waals surface area (Å²) in [5, 5.41) is 19.5. The van der Waals surface area contributed by atoms with Crippen LogP contribution in [0.2, 0.25) is 0 Å². The predicted molar refractivity (Wildman–Crippen MR) is 72.2 cm³/mol. The van der Waals surface area contributed by atoms with Gasteiger partial charge in [0.1, 0.15) is 11.4 Å². The monoisotopic (exact) mass is 275 g/mol. The predicted octanol–water partition coefficient (Wildman–Crippen LogP) is 2.36. The van der Waals surface area contributed by atoms with E-state index in [9.17, 15) is 9.18 Å². The van der Waals surface area contributed by atoms with Crippen molar-refractivity contribution in [1.82, 2.24) is 10.2 Å². The van der Waals surface area contributed by atoms with E-state index in [0.717, 1.165) is 5.56 Å². The first kappa shape index (κ1) is 13.9. The molecule has 0 radical (unpaired) electrons. The molecule has 2 aromatic rings. The van der Waals surface area contributed by atoms with Crippen LogP contribution in [0.25, 0.3) is 0 Å². The third-order valence-electron chi connectivity index (χ3n) is 2.79. The third-order valence-corrected chi connectivity index (χ3v) is 2.79. The molecular formula is C14H14FN3O2. The number of carboxylic acids is 1. The first-order chi connectivity index (χ1) is 9.56. The van der Waals surface area contributed by atoms with Gasteiger partial charge in [0.2, 0.25) is 0 Å². The Hall–Kier alpha value is -2.50. The van der Waals surface area contributed by atoms with Crippen molar-refractivity contribution in [1.29, 1.82) is 0 Å². The third kappa shape index (κ3) is 3.50. The molecule has 1 atom stereocenters. The quantitative estimate of drug-likeness (QED) is 0.876. The highest BCUT2D eigenvalue weighted by atomic mass is 19.1. The molecule has 0 saturated carbocycles. The van der Waals surface area contributed by atoms with Gasteiger partial charge in [-0.05, 0) is 37.1 Å². The Bertz CT molecular complexity index is 602. The van der Waals surface area contributed by atoms with Crippen molar-refractivity contribution in [2.75, 3.05) is 5.32 Å². The highest BCUT2D eigenvalue weighted by Gasteiger charge is 2.13. The van der Waals surface area contributed by atoms with E-state index in [0.29, 0.717) is 6.42 Å². The van der Waals surface area contributed by atoms with Crippen molar-refractivity contribution in [3.63, 3.8) is 0 Å². The van der Waals surface area contributed by atoms with Crippen molar-refractivity contribution >= 4 is 11.8 Å². The fourth-order valence-corrected chi connectivity index (χ4v) is 1.87. The molecule has 0 aliphatic carbocycles. The fraction of sp³-hybridized carbons (Fsp3) is 0.214. The molecule has 0 spiro atoms. The van der Waals surface area contributed by atoms with Gasteiger partial charge in [0.05, 0.1) is 6.20 Å². The smallest absolute Gasteiger partial charge is 0.339 e. The summed E-state index contributed by atoms with van der Waals surface area (Å²) >= 11 is 0. The molecule has 5 nitrogen and oxygen atoms in total. The van der Waals surface area contributed by atoms with E-state index in [1.165, 1.54) is 24.4 Å². The van der Waals surface area contributed by atoms with Crippen LogP contribution in [0.5, 0.6) is 0 Å². The first-order valence-corrected chi connectivity index (χ1v) is 6.12. The molecule has 20 heavy (non-hydrogen) atoms. The summed E-state index contributed by atoms with van der Waals surface area (Å²) in [5.41, 5.74) is 1.03. The van der Waals surface area contributed by atoms with Gasteiger partial charge in [0.15, 0.2) is 5.82 Å². The van der Waals surface area contributed by atoms with E-state index in [1.54, 1.807) is 12.1 Å². The number of carbonyl (C=O) groups is 1. The first-order valence-electron chi connectivity index (χ1n) is 6.12. The van der Waals surface area contributed by atoms with Gasteiger partial charge in [0, 0.05) is 6.04 Å². The van der Waals surface area contributed by atoms with Gasteiger partial charge >= 0.3 is 5.97 Å². The van der Waals surface area contributed by atoms with Gasteiger partial charge in [0.25, 0.3) is 0 Å². The van der Waals surface area contributed by atoms with Gasteiger partial charge in [-0.15, -0.1) is 5.10 Å². The van der Waals surface area contributed by atoms with Crippen LogP contribution < -0.4 is 5.32 Å². The molecule has 0 fully saturated rings. The molecule has 0 amide bonds. The number of hydrogen-bond donors (Lipinski definition) is 2. The van der Waals surface area contributed by atoms with Crippen molar-refractivity contribution < 1.29 is 14.3 Å². The number of benzene rings is 1. The highest BCUT2D eigenvalue weighted by molar-refractivity contribution is 5.92. The molecule has 2 N–H and O–H groups in total. The number of halogens is 1. The standard InChI is InChI=1S/C14H14FN3O2/c1-9(8-10-2-4-11(15)5-3-10)17-13-12(14(19)20)6-7-16-18-13/h2-7,9H,8H2,1H3,(H,17,18)(H,19,20). The topological polar surface area (TPSA) is 75.1 Å². The van der Waals surface area contributed by atoms with Gasteiger partial charge in [-0.1, -0.05) is 12.1 Å². The lowest BCUT2D eigenvalue weighted by Crippen LogP contribution is -2.21. The van der Waals surface area contributed by atoms with Crippen LogP contribution in [-0.2, 0) is 6.42 Å². The number of hydrogen-bond acceptors (Lipinski definition) is 4. The summed E-state index contributed by atoms with van der Waals surface area (Å²) in [7, 11) is 0. The van der Waals surface area contributed by atoms with E-state index < -0.39 is 5.97 Å². The average Bonchev–Trinajstić information content (AvgIpc) is 2.41. The van der Waals surface area contributed by atoms with E-state index >= 15 is 0 Å². The van der Waals surface area contributed by atoms with E-state index in [4.69, 9.17) is 5.11 Å². The normalized spacial score (nSPS) is 11.9. The Morgan fingerprint density at radius 3 is 2.70 bits per heavy atom. The van der Waals surface area contributed by atoms with Crippen LogP contribution in [-0.4, -0.2) is 27.3 Å². The molecule has 2 rings (SSSR count). The van der Waals surface area contributed by atoms with Crippen molar-refractivity contribution in [3.8, 4) is 0 Å². The maximum absolute atomic E-state index is 12.8. The van der Waals surface area contributed by atoms with Crippen LogP contribution in [0.15, 0.2) is 36.5 Å². The Kier molecular flexibility index (Phi) is 4.24. The minimum atomic E-state index is -1.06. The number of aromatic carboxylic acids is 1. The summed E-state index contributed by atoms with van der Waals surface area (Å²) in [6, 6.07) is 7.52. The van der Waals surface area contributed by atoms with E-state index in [-0.39, 0.29) is 23.2 Å². The van der Waals surface area contributed by atoms with Crippen LogP contribution in [0.3, 0.4) is 0 Å². The Morgan fingerprint density at radius 1 is 1.35 bits per heavy atom. The molecule has 1 aromatic carbocycles. The van der Waals surface area contributed by atoms with Gasteiger partial charge in [-0.25, -0.2) is 9.18 Å². The average molecular weight is 275 g/mol. The highest BCUT2D eigenvalue weighted by Crippen LogP contribution is 2.13. The maximum Gasteiger partial charge on any atom is 0.339 e. The molecule has 6 heteroatoms. The number of anilines is 1. The maximum atomic E-state index is 12.8. The summed E-state index contributed by atoms with van der Waals surface area (Å²) in [4.78, 5) is 11.0. The molecule has 0 saturated heterocycles. The lowest BCUT2D eigenvalue weighted by atomic mass is 10.1.